The van der Waals surface area contributed by atoms with E-state index in [0.29, 0.717) is 57.6 Å². The predicted octanol–water partition coefficient (Wildman–Crippen LogP) is 7.89. The standard InChI is InChI=1S/C60H74N12O6/c1-35-25-52(77-9)47(57(73)65-35)29-62-59(75)55-39(5)72(50-14-12-11-13-45(50)55)38(4)44-19-23-70(34-54-61-20-24-67(54)7)33-49(44)43-15-16-51-46(27-43)56(60(76)63-30-48-53(78-10)26-36(2)66-58(48)74)40(6)71(51)37(3)42-17-21-69(22-18-42)32-41-28-64-68(8)31-41/h11-16,20,24-28,31,37-38,42,44,49H,17-19,21-23,29-30,32-34H2,1-10H3,(H,62,75)(H,63,76)(H,65,73)(H,66,74). The number of benzene rings is 2. The van der Waals surface area contributed by atoms with E-state index in [1.54, 1.807) is 26.0 Å². The summed E-state index contributed by atoms with van der Waals surface area (Å²) in [7, 11) is 7.04. The van der Waals surface area contributed by atoms with E-state index in [1.807, 2.05) is 62.5 Å². The molecule has 0 bridgehead atoms. The first-order valence-corrected chi connectivity index (χ1v) is 27.3. The minimum atomic E-state index is -0.305. The van der Waals surface area contributed by atoms with Crippen LogP contribution in [0.2, 0.25) is 0 Å². The highest BCUT2D eigenvalue weighted by molar-refractivity contribution is 6.09. The van der Waals surface area contributed by atoms with Gasteiger partial charge in [-0.25, -0.2) is 4.98 Å². The number of rotatable bonds is 17. The molecule has 78 heavy (non-hydrogen) atoms. The number of nitrogens with zero attached hydrogens (tertiary/aromatic N) is 8. The number of aromatic nitrogens is 8. The van der Waals surface area contributed by atoms with Gasteiger partial charge in [0.25, 0.3) is 22.9 Å². The molecule has 18 nitrogen and oxygen atoms in total. The summed E-state index contributed by atoms with van der Waals surface area (Å²) in [5.74, 6) is 1.76. The van der Waals surface area contributed by atoms with E-state index in [4.69, 9.17) is 14.5 Å². The lowest BCUT2D eigenvalue weighted by Crippen LogP contribution is -2.42. The second kappa shape index (κ2) is 22.3. The monoisotopic (exact) mass is 1060 g/mol. The number of imidazole rings is 1. The van der Waals surface area contributed by atoms with Crippen LogP contribution in [0.4, 0.5) is 0 Å². The molecular formula is C60H74N12O6. The Morgan fingerprint density at radius 2 is 1.32 bits per heavy atom. The minimum Gasteiger partial charge on any atom is -0.496 e. The van der Waals surface area contributed by atoms with Crippen LogP contribution in [0.3, 0.4) is 0 Å². The zero-order valence-corrected chi connectivity index (χ0v) is 46.7. The summed E-state index contributed by atoms with van der Waals surface area (Å²) in [6, 6.07) is 18.4. The molecule has 10 rings (SSSR count). The summed E-state index contributed by atoms with van der Waals surface area (Å²) in [5, 5.41) is 12.3. The highest BCUT2D eigenvalue weighted by Gasteiger charge is 2.38. The third-order valence-electron chi connectivity index (χ3n) is 17.0. The Labute approximate surface area is 454 Å². The normalized spacial score (nSPS) is 17.4. The zero-order chi connectivity index (χ0) is 55.1. The van der Waals surface area contributed by atoms with Gasteiger partial charge in [-0.2, -0.15) is 5.10 Å². The van der Waals surface area contributed by atoms with Crippen molar-refractivity contribution in [2.45, 2.75) is 105 Å². The number of ether oxygens (including phenoxy) is 2. The van der Waals surface area contributed by atoms with Gasteiger partial charge in [-0.3, -0.25) is 33.7 Å². The summed E-state index contributed by atoms with van der Waals surface area (Å²) < 4.78 is 19.8. The number of methoxy groups -OCH3 is 2. The molecule has 0 aliphatic carbocycles. The van der Waals surface area contributed by atoms with Crippen molar-refractivity contribution in [1.82, 2.24) is 58.9 Å². The van der Waals surface area contributed by atoms with Gasteiger partial charge < -0.3 is 43.8 Å². The first kappa shape index (κ1) is 53.7. The topological polar surface area (TPSA) is 194 Å². The summed E-state index contributed by atoms with van der Waals surface area (Å²) in [4.78, 5) is 71.3. The Bertz CT molecular complexity index is 3640. The second-order valence-corrected chi connectivity index (χ2v) is 21.8. The number of hydrogen-bond acceptors (Lipinski definition) is 10. The molecule has 0 saturated carbocycles. The van der Waals surface area contributed by atoms with Gasteiger partial charge in [-0.15, -0.1) is 0 Å². The van der Waals surface area contributed by atoms with Crippen LogP contribution in [0.15, 0.2) is 89.0 Å². The molecule has 0 radical (unpaired) electrons. The third-order valence-corrected chi connectivity index (χ3v) is 17.0. The van der Waals surface area contributed by atoms with Crippen molar-refractivity contribution < 1.29 is 19.1 Å². The van der Waals surface area contributed by atoms with E-state index in [0.717, 1.165) is 96.6 Å². The summed E-state index contributed by atoms with van der Waals surface area (Å²) in [6.07, 6.45) is 10.7. The lowest BCUT2D eigenvalue weighted by Gasteiger charge is -2.42. The lowest BCUT2D eigenvalue weighted by molar-refractivity contribution is 0.0942. The number of aryl methyl sites for hydroxylation is 4. The lowest BCUT2D eigenvalue weighted by atomic mass is 9.76. The number of piperidine rings is 2. The van der Waals surface area contributed by atoms with Crippen LogP contribution in [0.25, 0.3) is 21.8 Å². The number of pyridine rings is 2. The Kier molecular flexibility index (Phi) is 15.4. The molecule has 2 aliphatic heterocycles. The molecule has 2 aliphatic rings. The molecule has 6 aromatic heterocycles. The molecule has 4 N–H and O–H groups in total. The number of amides is 2. The van der Waals surface area contributed by atoms with E-state index in [1.165, 1.54) is 19.8 Å². The van der Waals surface area contributed by atoms with Crippen molar-refractivity contribution >= 4 is 33.6 Å². The molecule has 8 aromatic rings. The molecule has 2 amide bonds. The Balaban J connectivity index is 1.03. The number of nitrogens with one attached hydrogen (secondary N) is 4. The molecule has 4 unspecified atom stereocenters. The van der Waals surface area contributed by atoms with Gasteiger partial charge in [0.05, 0.1) is 62.3 Å². The number of hydrogen-bond donors (Lipinski definition) is 4. The molecule has 2 saturated heterocycles. The smallest absolute Gasteiger partial charge is 0.256 e. The molecule has 410 valence electrons. The third kappa shape index (κ3) is 10.4. The van der Waals surface area contributed by atoms with Gasteiger partial charge in [0, 0.05) is 114 Å². The Hall–Kier alpha value is -7.70. The first-order chi connectivity index (χ1) is 37.5. The van der Waals surface area contributed by atoms with Gasteiger partial charge in [-0.1, -0.05) is 24.3 Å². The Morgan fingerprint density at radius 1 is 0.731 bits per heavy atom. The number of aromatic amines is 2. The first-order valence-electron chi connectivity index (χ1n) is 27.3. The van der Waals surface area contributed by atoms with Crippen molar-refractivity contribution in [3.8, 4) is 11.5 Å². The van der Waals surface area contributed by atoms with Gasteiger partial charge in [-0.05, 0) is 128 Å². The van der Waals surface area contributed by atoms with Gasteiger partial charge in [0.1, 0.15) is 17.3 Å². The maximum absolute atomic E-state index is 15.0. The van der Waals surface area contributed by atoms with Crippen molar-refractivity contribution in [2.75, 3.05) is 40.4 Å². The molecule has 0 spiro atoms. The molecule has 2 fully saturated rings. The van der Waals surface area contributed by atoms with Gasteiger partial charge >= 0.3 is 0 Å². The van der Waals surface area contributed by atoms with Crippen molar-refractivity contribution in [2.24, 2.45) is 25.9 Å². The fourth-order valence-electron chi connectivity index (χ4n) is 13.0. The average molecular weight is 1060 g/mol. The summed E-state index contributed by atoms with van der Waals surface area (Å²) in [5.41, 5.74) is 8.59. The molecule has 18 heteroatoms. The van der Waals surface area contributed by atoms with Crippen LogP contribution < -0.4 is 31.2 Å². The van der Waals surface area contributed by atoms with Crippen LogP contribution in [0, 0.1) is 39.5 Å². The average Bonchev–Trinajstić information content (AvgIpc) is 4.39. The number of H-pyrrole nitrogens is 2. The quantitative estimate of drug-likeness (QED) is 0.0697. The van der Waals surface area contributed by atoms with E-state index in [-0.39, 0.29) is 59.9 Å². The number of fused-ring (bicyclic) bond motifs is 2. The van der Waals surface area contributed by atoms with Crippen LogP contribution in [0.5, 0.6) is 11.5 Å². The largest absolute Gasteiger partial charge is 0.496 e. The number of carbonyl (C=O) groups is 2. The molecular weight excluding hydrogens is 985 g/mol. The number of likely N-dealkylation sites (tertiary alicyclic amines) is 2. The number of para-hydroxylation sites is 1. The minimum absolute atomic E-state index is 0.00431. The zero-order valence-electron chi connectivity index (χ0n) is 46.7. The van der Waals surface area contributed by atoms with Gasteiger partial charge in [0.2, 0.25) is 0 Å². The van der Waals surface area contributed by atoms with Crippen LogP contribution >= 0.6 is 0 Å². The Morgan fingerprint density at radius 3 is 1.91 bits per heavy atom. The maximum atomic E-state index is 15.0. The summed E-state index contributed by atoms with van der Waals surface area (Å²) in [6.45, 7) is 17.3. The summed E-state index contributed by atoms with van der Waals surface area (Å²) >= 11 is 0. The molecule has 4 atom stereocenters. The SMILES string of the molecule is COc1cc(C)[nH]c(=O)c1CNC(=O)c1c(C)n(C(C)C2CCN(Cc3cnn(C)c3)CC2)c2ccc(C3CN(Cc4nccn4C)CCC3C(C)n3c(C)c(C(=O)NCc4c(OC)cc(C)[nH]c4=O)c4ccccc43)cc12. The van der Waals surface area contributed by atoms with E-state index >= 15 is 4.79 Å². The van der Waals surface area contributed by atoms with E-state index in [9.17, 15) is 14.4 Å². The fourth-order valence-corrected chi connectivity index (χ4v) is 13.0. The highest BCUT2D eigenvalue weighted by atomic mass is 16.5. The second-order valence-electron chi connectivity index (χ2n) is 21.8. The fraction of sp³-hybridized carbons (Fsp3) is 0.433. The van der Waals surface area contributed by atoms with Gasteiger partial charge in [0.15, 0.2) is 0 Å². The molecule has 8 heterocycles. The van der Waals surface area contributed by atoms with E-state index in [2.05, 4.69) is 100 Å². The van der Waals surface area contributed by atoms with Crippen molar-refractivity contribution in [3.63, 3.8) is 0 Å². The van der Waals surface area contributed by atoms with Crippen LogP contribution in [-0.4, -0.2) is 100 Å². The van der Waals surface area contributed by atoms with E-state index < -0.39 is 0 Å². The van der Waals surface area contributed by atoms with Crippen LogP contribution in [-0.2, 0) is 40.3 Å². The maximum Gasteiger partial charge on any atom is 0.256 e. The van der Waals surface area contributed by atoms with Crippen LogP contribution in [0.1, 0.15) is 123 Å². The number of carbonyl (C=O) groups excluding carboxylic acids is 2. The van der Waals surface area contributed by atoms with Crippen molar-refractivity contribution in [3.05, 3.63) is 162 Å². The van der Waals surface area contributed by atoms with Crippen molar-refractivity contribution in [1.29, 1.82) is 0 Å². The highest BCUT2D eigenvalue weighted by Crippen LogP contribution is 2.45. The predicted molar refractivity (Wildman–Crippen MR) is 302 cm³/mol. The molecule has 2 aromatic carbocycles.